The molecule has 1 N–H and O–H groups in total. The number of rotatable bonds is 5. The van der Waals surface area contributed by atoms with E-state index in [2.05, 4.69) is 35.5 Å². The zero-order valence-electron chi connectivity index (χ0n) is 10.5. The number of nitrogens with zero attached hydrogens (tertiary/aromatic N) is 3. The molecule has 0 bridgehead atoms. The van der Waals surface area contributed by atoms with E-state index in [1.165, 1.54) is 5.56 Å². The first-order chi connectivity index (χ1) is 8.19. The Bertz CT molecular complexity index is 494. The van der Waals surface area contributed by atoms with Gasteiger partial charge in [0.2, 0.25) is 5.95 Å². The Morgan fingerprint density at radius 2 is 2.29 bits per heavy atom. The lowest BCUT2D eigenvalue weighted by atomic mass is 10.3. The molecule has 0 aromatic carbocycles. The zero-order valence-corrected chi connectivity index (χ0v) is 11.3. The number of thioether (sulfide) groups is 1. The molecule has 5 heteroatoms. The molecule has 4 nitrogen and oxygen atoms in total. The minimum absolute atomic E-state index is 0.404. The third-order valence-electron chi connectivity index (χ3n) is 2.61. The Balaban J connectivity index is 2.08. The van der Waals surface area contributed by atoms with Gasteiger partial charge in [0.05, 0.1) is 0 Å². The molecule has 0 radical (unpaired) electrons. The summed E-state index contributed by atoms with van der Waals surface area (Å²) in [5.41, 5.74) is 2.07. The molecule has 2 aromatic rings. The van der Waals surface area contributed by atoms with Gasteiger partial charge in [-0.25, -0.2) is 4.52 Å². The van der Waals surface area contributed by atoms with Gasteiger partial charge in [-0.2, -0.15) is 16.7 Å². The van der Waals surface area contributed by atoms with Crippen LogP contribution in [0, 0.1) is 6.92 Å². The summed E-state index contributed by atoms with van der Waals surface area (Å²) in [5, 5.41) is 7.74. The summed E-state index contributed by atoms with van der Waals surface area (Å²) in [6.07, 6.45) is 5.23. The normalized spacial score (nSPS) is 12.9. The van der Waals surface area contributed by atoms with Crippen LogP contribution in [0.5, 0.6) is 0 Å². The van der Waals surface area contributed by atoms with E-state index in [1.54, 1.807) is 0 Å². The quantitative estimate of drug-likeness (QED) is 0.885. The van der Waals surface area contributed by atoms with E-state index >= 15 is 0 Å². The molecule has 1 unspecified atom stereocenters. The van der Waals surface area contributed by atoms with E-state index in [0.29, 0.717) is 12.0 Å². The Morgan fingerprint density at radius 3 is 3.06 bits per heavy atom. The van der Waals surface area contributed by atoms with Crippen LogP contribution < -0.4 is 5.32 Å². The van der Waals surface area contributed by atoms with Gasteiger partial charge >= 0.3 is 0 Å². The summed E-state index contributed by atoms with van der Waals surface area (Å²) < 4.78 is 1.82. The molecule has 2 rings (SSSR count). The van der Waals surface area contributed by atoms with Crippen LogP contribution in [0.25, 0.3) is 5.65 Å². The zero-order chi connectivity index (χ0) is 12.3. The maximum Gasteiger partial charge on any atom is 0.243 e. The highest BCUT2D eigenvalue weighted by Gasteiger charge is 2.06. The van der Waals surface area contributed by atoms with E-state index in [0.717, 1.165) is 17.8 Å². The van der Waals surface area contributed by atoms with Crippen LogP contribution >= 0.6 is 11.8 Å². The highest BCUT2D eigenvalue weighted by molar-refractivity contribution is 7.98. The van der Waals surface area contributed by atoms with Gasteiger partial charge in [0.15, 0.2) is 5.65 Å². The standard InChI is InChI=1S/C12H18N4S/c1-9-4-5-11-14-12(15-16(11)8-9)13-10(2)6-7-17-3/h4-5,8,10H,6-7H2,1-3H3,(H,13,15). The van der Waals surface area contributed by atoms with Gasteiger partial charge in [-0.15, -0.1) is 5.10 Å². The first-order valence-corrected chi connectivity index (χ1v) is 7.17. The topological polar surface area (TPSA) is 42.2 Å². The van der Waals surface area contributed by atoms with Gasteiger partial charge in [-0.1, -0.05) is 6.07 Å². The maximum atomic E-state index is 4.44. The van der Waals surface area contributed by atoms with Crippen molar-refractivity contribution in [3.05, 3.63) is 23.9 Å². The van der Waals surface area contributed by atoms with Crippen LogP contribution in [0.4, 0.5) is 5.95 Å². The average Bonchev–Trinajstić information content (AvgIpc) is 2.67. The van der Waals surface area contributed by atoms with Crippen molar-refractivity contribution < 1.29 is 0 Å². The molecule has 1 atom stereocenters. The highest BCUT2D eigenvalue weighted by atomic mass is 32.2. The lowest BCUT2D eigenvalue weighted by molar-refractivity contribution is 0.759. The third-order valence-corrected chi connectivity index (χ3v) is 3.25. The molecule has 2 aromatic heterocycles. The summed E-state index contributed by atoms with van der Waals surface area (Å²) in [6.45, 7) is 4.21. The SMILES string of the molecule is CSCCC(C)Nc1nc2ccc(C)cn2n1. The molecular formula is C12H18N4S. The molecule has 0 saturated carbocycles. The van der Waals surface area contributed by atoms with E-state index in [1.807, 2.05) is 34.6 Å². The number of hydrogen-bond acceptors (Lipinski definition) is 4. The van der Waals surface area contributed by atoms with E-state index in [4.69, 9.17) is 0 Å². The second kappa shape index (κ2) is 5.40. The molecule has 0 aliphatic carbocycles. The Morgan fingerprint density at radius 1 is 1.47 bits per heavy atom. The average molecular weight is 250 g/mol. The molecule has 0 spiro atoms. The molecule has 0 aliphatic rings. The van der Waals surface area contributed by atoms with Crippen molar-refractivity contribution >= 4 is 23.4 Å². The number of fused-ring (bicyclic) bond motifs is 1. The van der Waals surface area contributed by atoms with Gasteiger partial charge in [0, 0.05) is 12.2 Å². The van der Waals surface area contributed by atoms with Gasteiger partial charge in [0.1, 0.15) is 0 Å². The van der Waals surface area contributed by atoms with Gasteiger partial charge in [-0.05, 0) is 43.9 Å². The van der Waals surface area contributed by atoms with Crippen LogP contribution in [0.3, 0.4) is 0 Å². The number of aryl methyl sites for hydroxylation is 1. The number of hydrogen-bond donors (Lipinski definition) is 1. The van der Waals surface area contributed by atoms with Crippen LogP contribution in [-0.4, -0.2) is 32.6 Å². The fraction of sp³-hybridized carbons (Fsp3) is 0.500. The van der Waals surface area contributed by atoms with Crippen molar-refractivity contribution in [3.8, 4) is 0 Å². The summed E-state index contributed by atoms with van der Waals surface area (Å²) in [5.74, 6) is 1.87. The van der Waals surface area contributed by atoms with Crippen LogP contribution in [0.1, 0.15) is 18.9 Å². The molecule has 92 valence electrons. The Hall–Kier alpha value is -1.23. The molecule has 17 heavy (non-hydrogen) atoms. The highest BCUT2D eigenvalue weighted by Crippen LogP contribution is 2.10. The smallest absolute Gasteiger partial charge is 0.243 e. The molecular weight excluding hydrogens is 232 g/mol. The van der Waals surface area contributed by atoms with Crippen molar-refractivity contribution in [1.82, 2.24) is 14.6 Å². The third kappa shape index (κ3) is 3.12. The monoisotopic (exact) mass is 250 g/mol. The van der Waals surface area contributed by atoms with E-state index in [9.17, 15) is 0 Å². The number of pyridine rings is 1. The van der Waals surface area contributed by atoms with Crippen molar-refractivity contribution in [2.24, 2.45) is 0 Å². The number of anilines is 1. The van der Waals surface area contributed by atoms with Crippen LogP contribution in [0.2, 0.25) is 0 Å². The van der Waals surface area contributed by atoms with Crippen molar-refractivity contribution in [1.29, 1.82) is 0 Å². The second-order valence-electron chi connectivity index (χ2n) is 4.27. The number of nitrogens with one attached hydrogen (secondary N) is 1. The second-order valence-corrected chi connectivity index (χ2v) is 5.26. The van der Waals surface area contributed by atoms with Crippen LogP contribution in [0.15, 0.2) is 18.3 Å². The van der Waals surface area contributed by atoms with Gasteiger partial charge in [-0.3, -0.25) is 0 Å². The predicted octanol–water partition coefficient (Wildman–Crippen LogP) is 2.59. The molecule has 2 heterocycles. The molecule has 0 fully saturated rings. The van der Waals surface area contributed by atoms with E-state index < -0.39 is 0 Å². The summed E-state index contributed by atoms with van der Waals surface area (Å²) in [4.78, 5) is 4.44. The van der Waals surface area contributed by atoms with Crippen LogP contribution in [-0.2, 0) is 0 Å². The maximum absolute atomic E-state index is 4.44. The minimum Gasteiger partial charge on any atom is -0.350 e. The number of aromatic nitrogens is 3. The summed E-state index contributed by atoms with van der Waals surface area (Å²) >= 11 is 1.86. The largest absolute Gasteiger partial charge is 0.350 e. The molecule has 0 amide bonds. The minimum atomic E-state index is 0.404. The van der Waals surface area contributed by atoms with E-state index in [-0.39, 0.29) is 0 Å². The van der Waals surface area contributed by atoms with Crippen molar-refractivity contribution in [2.75, 3.05) is 17.3 Å². The Kier molecular flexibility index (Phi) is 3.89. The van der Waals surface area contributed by atoms with Gasteiger partial charge < -0.3 is 5.32 Å². The predicted molar refractivity (Wildman–Crippen MR) is 73.8 cm³/mol. The fourth-order valence-corrected chi connectivity index (χ4v) is 2.22. The summed E-state index contributed by atoms with van der Waals surface area (Å²) in [6, 6.07) is 4.44. The molecule has 0 aliphatic heterocycles. The van der Waals surface area contributed by atoms with Crippen molar-refractivity contribution in [2.45, 2.75) is 26.3 Å². The first-order valence-electron chi connectivity index (χ1n) is 5.77. The molecule has 0 saturated heterocycles. The Labute approximate surface area is 106 Å². The first kappa shape index (κ1) is 12.2. The summed E-state index contributed by atoms with van der Waals surface area (Å²) in [7, 11) is 0. The van der Waals surface area contributed by atoms with Crippen molar-refractivity contribution in [3.63, 3.8) is 0 Å². The van der Waals surface area contributed by atoms with Gasteiger partial charge in [0.25, 0.3) is 0 Å². The fourth-order valence-electron chi connectivity index (χ4n) is 1.63. The lowest BCUT2D eigenvalue weighted by Gasteiger charge is -2.10. The lowest BCUT2D eigenvalue weighted by Crippen LogP contribution is -2.16.